The van der Waals surface area contributed by atoms with Crippen molar-refractivity contribution >= 4 is 63.8 Å². The zero-order valence-electron chi connectivity index (χ0n) is 18.3. The average molecular weight is 542 g/mol. The van der Waals surface area contributed by atoms with Gasteiger partial charge in [-0.05, 0) is 42.3 Å². The molecule has 3 aromatic rings. The van der Waals surface area contributed by atoms with Crippen LogP contribution in [0.3, 0.4) is 0 Å². The van der Waals surface area contributed by atoms with Gasteiger partial charge in [-0.1, -0.05) is 46.9 Å². The first-order chi connectivity index (χ1) is 16.4. The fourth-order valence-corrected chi connectivity index (χ4v) is 4.48. The van der Waals surface area contributed by atoms with Crippen LogP contribution < -0.4 is 10.6 Å². The van der Waals surface area contributed by atoms with Crippen molar-refractivity contribution in [3.8, 4) is 0 Å². The molecule has 0 saturated carbocycles. The normalized spacial score (nSPS) is 10.7. The molecule has 0 aliphatic heterocycles. The fraction of sp³-hybridized carbons (Fsp3) is 0.261. The second-order valence-electron chi connectivity index (χ2n) is 7.22. The van der Waals surface area contributed by atoms with Crippen LogP contribution in [0.2, 0.25) is 15.1 Å². The van der Waals surface area contributed by atoms with Gasteiger partial charge in [0, 0.05) is 46.3 Å². The molecule has 7 nitrogen and oxygen atoms in total. The minimum Gasteiger partial charge on any atom is -0.383 e. The summed E-state index contributed by atoms with van der Waals surface area (Å²) in [5.74, 6) is -0.292. The van der Waals surface area contributed by atoms with E-state index in [2.05, 4.69) is 15.6 Å². The lowest BCUT2D eigenvalue weighted by Gasteiger charge is -2.21. The molecule has 0 spiro atoms. The van der Waals surface area contributed by atoms with Crippen LogP contribution in [0.5, 0.6) is 0 Å². The number of ether oxygens (including phenoxy) is 1. The molecule has 3 rings (SSSR count). The molecular weight excluding hydrogens is 519 g/mol. The van der Waals surface area contributed by atoms with Crippen LogP contribution in [-0.2, 0) is 17.7 Å². The number of benzene rings is 2. The van der Waals surface area contributed by atoms with Gasteiger partial charge in [-0.25, -0.2) is 9.78 Å². The van der Waals surface area contributed by atoms with E-state index >= 15 is 0 Å². The van der Waals surface area contributed by atoms with E-state index in [1.165, 1.54) is 11.3 Å². The first kappa shape index (κ1) is 26.2. The predicted octanol–water partition coefficient (Wildman–Crippen LogP) is 5.76. The molecule has 180 valence electrons. The maximum Gasteiger partial charge on any atom is 0.322 e. The summed E-state index contributed by atoms with van der Waals surface area (Å²) in [7, 11) is 1.57. The molecule has 0 bridgehead atoms. The first-order valence-electron chi connectivity index (χ1n) is 10.3. The Labute approximate surface area is 217 Å². The summed E-state index contributed by atoms with van der Waals surface area (Å²) < 4.78 is 5.13. The molecule has 0 unspecified atom stereocenters. The number of carbonyl (C=O) groups excluding carboxylic acids is 2. The molecule has 0 saturated heterocycles. The Morgan fingerprint density at radius 3 is 2.65 bits per heavy atom. The van der Waals surface area contributed by atoms with Gasteiger partial charge in [0.05, 0.1) is 13.2 Å². The van der Waals surface area contributed by atoms with Gasteiger partial charge in [0.2, 0.25) is 0 Å². The Kier molecular flexibility index (Phi) is 9.98. The second-order valence-corrected chi connectivity index (χ2v) is 9.45. The summed E-state index contributed by atoms with van der Waals surface area (Å²) in [4.78, 5) is 31.3. The number of amides is 3. The topological polar surface area (TPSA) is 83.6 Å². The Hall–Kier alpha value is -2.36. The van der Waals surface area contributed by atoms with Crippen LogP contribution in [0.25, 0.3) is 0 Å². The third-order valence-corrected chi connectivity index (χ3v) is 6.39. The van der Waals surface area contributed by atoms with Crippen LogP contribution >= 0.6 is 46.1 Å². The number of hydrogen-bond acceptors (Lipinski definition) is 5. The monoisotopic (exact) mass is 540 g/mol. The van der Waals surface area contributed by atoms with Crippen molar-refractivity contribution in [2.24, 2.45) is 0 Å². The van der Waals surface area contributed by atoms with E-state index in [-0.39, 0.29) is 18.5 Å². The number of anilines is 1. The molecule has 0 atom stereocenters. The number of urea groups is 1. The van der Waals surface area contributed by atoms with Crippen LogP contribution in [0.15, 0.2) is 47.8 Å². The third-order valence-electron chi connectivity index (χ3n) is 4.73. The van der Waals surface area contributed by atoms with Crippen molar-refractivity contribution in [2.45, 2.75) is 13.0 Å². The maximum absolute atomic E-state index is 12.8. The van der Waals surface area contributed by atoms with Crippen LogP contribution in [0.1, 0.15) is 21.1 Å². The lowest BCUT2D eigenvalue weighted by Crippen LogP contribution is -2.36. The molecule has 3 amide bonds. The SMILES string of the molecule is COCCN(Cc1nc(C(=O)NCCc2ccc(Cl)cc2Cl)cs1)C(=O)Nc1cccc(Cl)c1. The van der Waals surface area contributed by atoms with Gasteiger partial charge in [0.25, 0.3) is 5.91 Å². The Balaban J connectivity index is 1.57. The zero-order valence-corrected chi connectivity index (χ0v) is 21.4. The fourth-order valence-electron chi connectivity index (χ4n) is 3.00. The van der Waals surface area contributed by atoms with Crippen molar-refractivity contribution in [3.05, 3.63) is 79.2 Å². The smallest absolute Gasteiger partial charge is 0.322 e. The molecule has 1 aromatic heterocycles. The number of rotatable bonds is 10. The van der Waals surface area contributed by atoms with Crippen molar-refractivity contribution in [2.75, 3.05) is 32.1 Å². The summed E-state index contributed by atoms with van der Waals surface area (Å²) >= 11 is 19.4. The quantitative estimate of drug-likeness (QED) is 0.342. The average Bonchev–Trinajstić information content (AvgIpc) is 3.26. The third kappa shape index (κ3) is 7.85. The summed E-state index contributed by atoms with van der Waals surface area (Å²) in [6.07, 6.45) is 0.563. The highest BCUT2D eigenvalue weighted by Crippen LogP contribution is 2.21. The molecule has 34 heavy (non-hydrogen) atoms. The Morgan fingerprint density at radius 1 is 1.12 bits per heavy atom. The molecule has 11 heteroatoms. The number of nitrogens with zero attached hydrogens (tertiary/aromatic N) is 2. The highest BCUT2D eigenvalue weighted by Gasteiger charge is 2.18. The number of aromatic nitrogens is 1. The number of carbonyl (C=O) groups is 2. The first-order valence-corrected chi connectivity index (χ1v) is 12.3. The van der Waals surface area contributed by atoms with Gasteiger partial charge in [-0.3, -0.25) is 4.79 Å². The highest BCUT2D eigenvalue weighted by atomic mass is 35.5. The van der Waals surface area contributed by atoms with Gasteiger partial charge in [0.15, 0.2) is 0 Å². The largest absolute Gasteiger partial charge is 0.383 e. The molecule has 0 aliphatic carbocycles. The summed E-state index contributed by atoms with van der Waals surface area (Å²) in [5, 5.41) is 9.60. The summed E-state index contributed by atoms with van der Waals surface area (Å²) in [6.45, 7) is 1.34. The number of hydrogen-bond donors (Lipinski definition) is 2. The van der Waals surface area contributed by atoms with E-state index < -0.39 is 0 Å². The Morgan fingerprint density at radius 2 is 1.91 bits per heavy atom. The van der Waals surface area contributed by atoms with Gasteiger partial charge in [0.1, 0.15) is 10.7 Å². The molecule has 1 heterocycles. The van der Waals surface area contributed by atoms with Crippen LogP contribution in [0.4, 0.5) is 10.5 Å². The molecule has 2 aromatic carbocycles. The van der Waals surface area contributed by atoms with Gasteiger partial charge < -0.3 is 20.3 Å². The van der Waals surface area contributed by atoms with Gasteiger partial charge in [-0.15, -0.1) is 11.3 Å². The lowest BCUT2D eigenvalue weighted by molar-refractivity contribution is 0.0949. The standard InChI is InChI=1S/C23H23Cl3N4O3S/c1-33-10-9-30(23(32)28-18-4-2-3-16(24)11-18)13-21-29-20(14-34-21)22(31)27-8-7-15-5-6-17(25)12-19(15)26/h2-6,11-12,14H,7-10,13H2,1H3,(H,27,31)(H,28,32). The molecule has 0 radical (unpaired) electrons. The van der Waals surface area contributed by atoms with Crippen molar-refractivity contribution in [1.29, 1.82) is 0 Å². The summed E-state index contributed by atoms with van der Waals surface area (Å²) in [6, 6.07) is 11.8. The van der Waals surface area contributed by atoms with Crippen molar-refractivity contribution in [1.82, 2.24) is 15.2 Å². The summed E-state index contributed by atoms with van der Waals surface area (Å²) in [5.41, 5.74) is 1.77. The minimum atomic E-state index is -0.319. The van der Waals surface area contributed by atoms with Crippen LogP contribution in [-0.4, -0.2) is 48.6 Å². The van der Waals surface area contributed by atoms with E-state index in [9.17, 15) is 9.59 Å². The van der Waals surface area contributed by atoms with Crippen LogP contribution in [0, 0.1) is 0 Å². The second kappa shape index (κ2) is 12.9. The molecule has 2 N–H and O–H groups in total. The number of halogens is 3. The molecule has 0 aliphatic rings. The molecular formula is C23H23Cl3N4O3S. The minimum absolute atomic E-state index is 0.230. The number of methoxy groups -OCH3 is 1. The lowest BCUT2D eigenvalue weighted by atomic mass is 10.1. The molecule has 0 fully saturated rings. The van der Waals surface area contributed by atoms with E-state index in [0.717, 1.165) is 5.56 Å². The number of nitrogens with one attached hydrogen (secondary N) is 2. The highest BCUT2D eigenvalue weighted by molar-refractivity contribution is 7.09. The predicted molar refractivity (Wildman–Crippen MR) is 137 cm³/mol. The van der Waals surface area contributed by atoms with Crippen molar-refractivity contribution < 1.29 is 14.3 Å². The van der Waals surface area contributed by atoms with Gasteiger partial charge in [-0.2, -0.15) is 0 Å². The zero-order chi connectivity index (χ0) is 24.5. The van der Waals surface area contributed by atoms with E-state index in [0.29, 0.717) is 57.6 Å². The van der Waals surface area contributed by atoms with E-state index in [1.807, 2.05) is 6.07 Å². The van der Waals surface area contributed by atoms with E-state index in [1.54, 1.807) is 53.8 Å². The number of thiazole rings is 1. The van der Waals surface area contributed by atoms with Crippen molar-refractivity contribution in [3.63, 3.8) is 0 Å². The van der Waals surface area contributed by atoms with Gasteiger partial charge >= 0.3 is 6.03 Å². The van der Waals surface area contributed by atoms with E-state index in [4.69, 9.17) is 39.5 Å². The maximum atomic E-state index is 12.8. The Bertz CT molecular complexity index is 1140.